The van der Waals surface area contributed by atoms with Crippen LogP contribution in [-0.2, 0) is 0 Å². The monoisotopic (exact) mass is 653 g/mol. The zero-order valence-electron chi connectivity index (χ0n) is 24.8. The van der Waals surface area contributed by atoms with Crippen molar-refractivity contribution in [3.8, 4) is 23.2 Å². The van der Waals surface area contributed by atoms with Crippen LogP contribution in [0.1, 0.15) is 31.7 Å². The number of ether oxygens (including phenoxy) is 1. The number of hydrogen-bond acceptors (Lipinski definition) is 9. The van der Waals surface area contributed by atoms with Gasteiger partial charge in [0.15, 0.2) is 5.82 Å². The number of thiophene rings is 1. The molecule has 0 spiro atoms. The second-order valence-corrected chi connectivity index (χ2v) is 14.0. The Hall–Kier alpha value is -3.63. The highest BCUT2D eigenvalue weighted by atomic mass is 35.5. The lowest BCUT2D eigenvalue weighted by Gasteiger charge is -2.40. The standard InChI is InChI=1S/C32H31ClF3N7OS/c1-32(14-42(2)8-7-16(32)10-34)15-44-31-40-28-19(30(41-31)43-12-17-3-4-18(13-43)39-17)9-21(33)25(27(28)36)26-22(35)5-6-23-24(26)20(11-37)29(38)45-23/h5-6,9-10,17-18,39H,3-4,7-8,12-15,38H2,1-2H3/b16-10+/t17?,18?,32-/m0/s1. The average molecular weight is 654 g/mol. The molecule has 2 bridgehead atoms. The highest BCUT2D eigenvalue weighted by molar-refractivity contribution is 7.23. The van der Waals surface area contributed by atoms with E-state index < -0.39 is 17.0 Å². The summed E-state index contributed by atoms with van der Waals surface area (Å²) < 4.78 is 53.1. The molecule has 234 valence electrons. The average Bonchev–Trinajstić information content (AvgIpc) is 3.53. The molecule has 3 aliphatic rings. The summed E-state index contributed by atoms with van der Waals surface area (Å²) in [7, 11) is 1.97. The second-order valence-electron chi connectivity index (χ2n) is 12.5. The first kappa shape index (κ1) is 30.0. The lowest BCUT2D eigenvalue weighted by atomic mass is 9.78. The maximum Gasteiger partial charge on any atom is 0.319 e. The smallest absolute Gasteiger partial charge is 0.319 e. The summed E-state index contributed by atoms with van der Waals surface area (Å²) in [5, 5.41) is 14.1. The van der Waals surface area contributed by atoms with Crippen LogP contribution in [0.5, 0.6) is 6.01 Å². The van der Waals surface area contributed by atoms with E-state index in [1.807, 2.05) is 20.0 Å². The number of piperazine rings is 1. The minimum Gasteiger partial charge on any atom is -0.462 e. The van der Waals surface area contributed by atoms with E-state index >= 15 is 8.78 Å². The van der Waals surface area contributed by atoms with Crippen molar-refractivity contribution < 1.29 is 17.9 Å². The summed E-state index contributed by atoms with van der Waals surface area (Å²) in [5.74, 6) is -1.15. The Morgan fingerprint density at radius 3 is 2.71 bits per heavy atom. The van der Waals surface area contributed by atoms with E-state index in [0.717, 1.165) is 30.7 Å². The number of nitrogen functional groups attached to an aromatic ring is 1. The van der Waals surface area contributed by atoms with Crippen molar-refractivity contribution >= 4 is 54.7 Å². The fourth-order valence-electron chi connectivity index (χ4n) is 7.14. The highest BCUT2D eigenvalue weighted by Gasteiger charge is 2.37. The normalized spacial score (nSPS) is 24.6. The molecule has 0 aliphatic carbocycles. The van der Waals surface area contributed by atoms with Crippen molar-refractivity contribution in [3.05, 3.63) is 52.3 Å². The van der Waals surface area contributed by atoms with Crippen molar-refractivity contribution in [1.29, 1.82) is 5.26 Å². The number of nitrogens with two attached hydrogens (primary N) is 1. The molecule has 2 unspecified atom stereocenters. The second kappa shape index (κ2) is 11.3. The molecule has 3 N–H and O–H groups in total. The molecule has 5 heterocycles. The van der Waals surface area contributed by atoms with Gasteiger partial charge in [0.1, 0.15) is 34.8 Å². The number of aromatic nitrogens is 2. The Morgan fingerprint density at radius 1 is 1.24 bits per heavy atom. The summed E-state index contributed by atoms with van der Waals surface area (Å²) in [6.45, 7) is 4.58. The minimum atomic E-state index is -0.864. The number of anilines is 2. The van der Waals surface area contributed by atoms with Gasteiger partial charge in [-0.05, 0) is 50.1 Å². The molecule has 0 radical (unpaired) electrons. The zero-order chi connectivity index (χ0) is 31.6. The van der Waals surface area contributed by atoms with Gasteiger partial charge in [-0.15, -0.1) is 11.3 Å². The quantitative estimate of drug-likeness (QED) is 0.255. The number of nitriles is 1. The van der Waals surface area contributed by atoms with Crippen molar-refractivity contribution in [1.82, 2.24) is 20.2 Å². The summed E-state index contributed by atoms with van der Waals surface area (Å²) in [6, 6.07) is 6.75. The molecule has 3 saturated heterocycles. The number of hydrogen-bond donors (Lipinski definition) is 2. The molecular weight excluding hydrogens is 623 g/mol. The van der Waals surface area contributed by atoms with Crippen LogP contribution in [-0.4, -0.2) is 66.8 Å². The number of piperidine rings is 1. The highest BCUT2D eigenvalue weighted by Crippen LogP contribution is 2.46. The van der Waals surface area contributed by atoms with Gasteiger partial charge in [0.05, 0.1) is 16.9 Å². The third-order valence-corrected chi connectivity index (χ3v) is 10.6. The van der Waals surface area contributed by atoms with Crippen LogP contribution in [0.3, 0.4) is 0 Å². The van der Waals surface area contributed by atoms with Gasteiger partial charge in [0, 0.05) is 70.3 Å². The van der Waals surface area contributed by atoms with Gasteiger partial charge in [0.25, 0.3) is 0 Å². The predicted octanol–water partition coefficient (Wildman–Crippen LogP) is 6.41. The summed E-state index contributed by atoms with van der Waals surface area (Å²) in [6.07, 6.45) is 3.25. The number of nitrogens with zero attached hydrogens (tertiary/aromatic N) is 5. The Bertz CT molecular complexity index is 1920. The summed E-state index contributed by atoms with van der Waals surface area (Å²) >= 11 is 7.90. The Labute approximate surface area is 267 Å². The number of likely N-dealkylation sites (tertiary alicyclic amines) is 1. The van der Waals surface area contributed by atoms with Gasteiger partial charge < -0.3 is 25.6 Å². The van der Waals surface area contributed by atoms with Crippen LogP contribution in [0.15, 0.2) is 30.1 Å². The molecule has 3 fully saturated rings. The summed E-state index contributed by atoms with van der Waals surface area (Å²) in [4.78, 5) is 13.5. The number of rotatable bonds is 5. The SMILES string of the molecule is CN1CC/C(=C\F)[C@](C)(COc2nc(N3CC4CCC(C3)N4)c3cc(Cl)c(-c4c(F)ccc5sc(N)c(C#N)c45)c(F)c3n2)C1. The topological polar surface area (TPSA) is 103 Å². The summed E-state index contributed by atoms with van der Waals surface area (Å²) in [5.41, 5.74) is 5.66. The zero-order valence-corrected chi connectivity index (χ0v) is 26.3. The molecule has 8 nitrogen and oxygen atoms in total. The molecule has 4 aromatic rings. The Kier molecular flexibility index (Phi) is 7.55. The van der Waals surface area contributed by atoms with E-state index in [-0.39, 0.29) is 62.3 Å². The molecule has 0 saturated carbocycles. The first-order valence-electron chi connectivity index (χ1n) is 14.8. The van der Waals surface area contributed by atoms with Gasteiger partial charge in [-0.2, -0.15) is 15.2 Å². The lowest BCUT2D eigenvalue weighted by Crippen LogP contribution is -2.51. The van der Waals surface area contributed by atoms with Gasteiger partial charge in [-0.3, -0.25) is 0 Å². The van der Waals surface area contributed by atoms with E-state index in [1.54, 1.807) is 6.07 Å². The van der Waals surface area contributed by atoms with Crippen LogP contribution in [0.2, 0.25) is 5.02 Å². The molecular formula is C32H31ClF3N7OS. The largest absolute Gasteiger partial charge is 0.462 e. The van der Waals surface area contributed by atoms with E-state index in [4.69, 9.17) is 27.1 Å². The van der Waals surface area contributed by atoms with Gasteiger partial charge in [-0.1, -0.05) is 18.5 Å². The van der Waals surface area contributed by atoms with E-state index in [2.05, 4.69) is 20.1 Å². The van der Waals surface area contributed by atoms with Crippen molar-refractivity contribution in [2.45, 2.75) is 38.3 Å². The molecule has 0 amide bonds. The van der Waals surface area contributed by atoms with Gasteiger partial charge in [0.2, 0.25) is 0 Å². The molecule has 3 atom stereocenters. The molecule has 2 aromatic carbocycles. The lowest BCUT2D eigenvalue weighted by molar-refractivity contribution is 0.109. The molecule has 13 heteroatoms. The van der Waals surface area contributed by atoms with Crippen molar-refractivity contribution in [2.75, 3.05) is 50.5 Å². The number of halogens is 4. The molecule has 7 rings (SSSR count). The van der Waals surface area contributed by atoms with E-state index in [0.29, 0.717) is 53.9 Å². The third kappa shape index (κ3) is 5.06. The van der Waals surface area contributed by atoms with Crippen LogP contribution < -0.4 is 20.7 Å². The fraction of sp³-hybridized carbons (Fsp3) is 0.406. The fourth-order valence-corrected chi connectivity index (χ4v) is 8.36. The number of nitrogens with one attached hydrogen (secondary N) is 1. The molecule has 45 heavy (non-hydrogen) atoms. The Balaban J connectivity index is 1.40. The van der Waals surface area contributed by atoms with Crippen LogP contribution in [0.25, 0.3) is 32.1 Å². The van der Waals surface area contributed by atoms with Crippen molar-refractivity contribution in [2.24, 2.45) is 5.41 Å². The maximum absolute atomic E-state index is 16.9. The predicted molar refractivity (Wildman–Crippen MR) is 171 cm³/mol. The van der Waals surface area contributed by atoms with Crippen LogP contribution in [0.4, 0.5) is 24.0 Å². The van der Waals surface area contributed by atoms with Crippen LogP contribution >= 0.6 is 22.9 Å². The maximum atomic E-state index is 16.9. The van der Waals surface area contributed by atoms with Gasteiger partial charge in [-0.25, -0.2) is 13.2 Å². The molecule has 2 aromatic heterocycles. The molecule has 3 aliphatic heterocycles. The van der Waals surface area contributed by atoms with E-state index in [9.17, 15) is 9.65 Å². The number of fused-ring (bicyclic) bond motifs is 4. The van der Waals surface area contributed by atoms with Gasteiger partial charge >= 0.3 is 6.01 Å². The van der Waals surface area contributed by atoms with E-state index in [1.165, 1.54) is 12.1 Å². The first-order chi connectivity index (χ1) is 21.6. The first-order valence-corrected chi connectivity index (χ1v) is 16.0. The third-order valence-electron chi connectivity index (χ3n) is 9.36. The minimum absolute atomic E-state index is 0.0489. The Morgan fingerprint density at radius 2 is 2.00 bits per heavy atom. The van der Waals surface area contributed by atoms with Crippen LogP contribution in [0, 0.1) is 28.4 Å². The number of benzene rings is 2. The van der Waals surface area contributed by atoms with Crippen molar-refractivity contribution in [3.63, 3.8) is 0 Å².